The van der Waals surface area contributed by atoms with Gasteiger partial charge in [-0.2, -0.15) is 0 Å². The molecule has 0 aliphatic carbocycles. The van der Waals surface area contributed by atoms with E-state index in [2.05, 4.69) is 33.1 Å². The Balaban J connectivity index is 1.66. The molecule has 2 aromatic rings. The molecule has 1 aliphatic rings. The van der Waals surface area contributed by atoms with E-state index >= 15 is 0 Å². The highest BCUT2D eigenvalue weighted by atomic mass is 35.5. The number of halogens is 1. The largest absolute Gasteiger partial charge is 0.496 e. The minimum absolute atomic E-state index is 0.513. The van der Waals surface area contributed by atoms with Crippen molar-refractivity contribution in [3.8, 4) is 16.9 Å². The molecule has 5 nitrogen and oxygen atoms in total. The van der Waals surface area contributed by atoms with Crippen molar-refractivity contribution in [3.05, 3.63) is 63.5 Å². The Hall–Kier alpha value is -2.20. The summed E-state index contributed by atoms with van der Waals surface area (Å²) >= 11 is 6.57. The van der Waals surface area contributed by atoms with Gasteiger partial charge in [-0.25, -0.2) is 0 Å². The summed E-state index contributed by atoms with van der Waals surface area (Å²) in [6, 6.07) is 14.2. The summed E-state index contributed by atoms with van der Waals surface area (Å²) in [4.78, 5) is 5.29. The lowest BCUT2D eigenvalue weighted by atomic mass is 9.96. The topological polar surface area (TPSA) is 61.2 Å². The van der Waals surface area contributed by atoms with Crippen molar-refractivity contribution >= 4 is 11.6 Å². The Morgan fingerprint density at radius 2 is 1.96 bits per heavy atom. The van der Waals surface area contributed by atoms with Crippen LogP contribution in [-0.2, 0) is 6.54 Å². The van der Waals surface area contributed by atoms with Crippen LogP contribution in [0.2, 0.25) is 5.02 Å². The van der Waals surface area contributed by atoms with Crippen molar-refractivity contribution in [1.82, 2.24) is 4.90 Å². The first-order valence-electron chi connectivity index (χ1n) is 8.86. The molecule has 1 aliphatic heterocycles. The maximum atomic E-state index is 8.43. The first-order valence-corrected chi connectivity index (χ1v) is 9.24. The number of hydrogen-bond acceptors (Lipinski definition) is 3. The number of methoxy groups -OCH3 is 1. The van der Waals surface area contributed by atoms with E-state index in [4.69, 9.17) is 21.9 Å². The molecular weight excluding hydrogens is 348 g/mol. The van der Waals surface area contributed by atoms with Gasteiger partial charge in [0.05, 0.1) is 7.11 Å². The lowest BCUT2D eigenvalue weighted by Gasteiger charge is -2.31. The summed E-state index contributed by atoms with van der Waals surface area (Å²) in [5.74, 6) is 1.34. The zero-order valence-corrected chi connectivity index (χ0v) is 15.7. The van der Waals surface area contributed by atoms with Crippen molar-refractivity contribution in [3.63, 3.8) is 0 Å². The molecule has 0 aromatic heterocycles. The number of para-hydroxylation sites is 1. The van der Waals surface area contributed by atoms with E-state index in [1.807, 2.05) is 24.3 Å². The number of nitrogens with zero attached hydrogens (tertiary/aromatic N) is 4. The molecule has 26 heavy (non-hydrogen) atoms. The molecule has 0 saturated carbocycles. The van der Waals surface area contributed by atoms with E-state index in [1.165, 1.54) is 5.56 Å². The second-order valence-electron chi connectivity index (χ2n) is 6.65. The molecule has 1 saturated heterocycles. The number of rotatable bonds is 6. The molecule has 3 rings (SSSR count). The van der Waals surface area contributed by atoms with E-state index in [-0.39, 0.29) is 0 Å². The fourth-order valence-corrected chi connectivity index (χ4v) is 3.78. The molecule has 0 atom stereocenters. The zero-order valence-electron chi connectivity index (χ0n) is 14.9. The summed E-state index contributed by atoms with van der Waals surface area (Å²) < 4.78 is 5.45. The van der Waals surface area contributed by atoms with Crippen LogP contribution < -0.4 is 4.74 Å². The van der Waals surface area contributed by atoms with Gasteiger partial charge in [0.2, 0.25) is 0 Å². The summed E-state index contributed by atoms with van der Waals surface area (Å²) in [5.41, 5.74) is 11.6. The predicted octanol–water partition coefficient (Wildman–Crippen LogP) is 5.54. The Morgan fingerprint density at radius 1 is 1.19 bits per heavy atom. The zero-order chi connectivity index (χ0) is 18.4. The fraction of sp³-hybridized carbons (Fsp3) is 0.400. The van der Waals surface area contributed by atoms with Gasteiger partial charge in [-0.05, 0) is 55.1 Å². The minimum atomic E-state index is 0.513. The lowest BCUT2D eigenvalue weighted by Crippen LogP contribution is -2.34. The van der Waals surface area contributed by atoms with Crippen molar-refractivity contribution in [2.75, 3.05) is 26.7 Å². The van der Waals surface area contributed by atoms with Crippen molar-refractivity contribution in [1.29, 1.82) is 0 Å². The average molecular weight is 371 g/mol. The van der Waals surface area contributed by atoms with Gasteiger partial charge in [0.1, 0.15) is 5.75 Å². The smallest absolute Gasteiger partial charge is 0.126 e. The average Bonchev–Trinajstić information content (AvgIpc) is 2.67. The van der Waals surface area contributed by atoms with Crippen LogP contribution in [0.3, 0.4) is 0 Å². The quantitative estimate of drug-likeness (QED) is 0.381. The normalized spacial score (nSPS) is 15.5. The summed E-state index contributed by atoms with van der Waals surface area (Å²) in [6.07, 6.45) is 2.15. The number of ether oxygens (including phenoxy) is 1. The van der Waals surface area contributed by atoms with Crippen molar-refractivity contribution in [2.24, 2.45) is 11.0 Å². The SMILES string of the molecule is COc1ccccc1-c1ccc(CN2CCC(CN=[N+]=[N-])CC2)cc1Cl. The number of benzene rings is 2. The first-order chi connectivity index (χ1) is 12.7. The summed E-state index contributed by atoms with van der Waals surface area (Å²) in [6.45, 7) is 3.55. The molecule has 136 valence electrons. The first kappa shape index (κ1) is 18.6. The van der Waals surface area contributed by atoms with Gasteiger partial charge in [0.15, 0.2) is 0 Å². The van der Waals surface area contributed by atoms with Gasteiger partial charge in [-0.3, -0.25) is 4.90 Å². The maximum Gasteiger partial charge on any atom is 0.126 e. The third-order valence-electron chi connectivity index (χ3n) is 4.95. The molecule has 0 amide bonds. The number of azide groups is 1. The Labute approximate surface area is 159 Å². The number of piperidine rings is 1. The minimum Gasteiger partial charge on any atom is -0.496 e. The highest BCUT2D eigenvalue weighted by Crippen LogP contribution is 2.35. The molecule has 1 fully saturated rings. The Bertz CT molecular complexity index is 796. The van der Waals surface area contributed by atoms with Gasteiger partial charge in [0, 0.05) is 34.2 Å². The van der Waals surface area contributed by atoms with Crippen molar-refractivity contribution in [2.45, 2.75) is 19.4 Å². The molecule has 2 aromatic carbocycles. The highest BCUT2D eigenvalue weighted by molar-refractivity contribution is 6.33. The maximum absolute atomic E-state index is 8.43. The van der Waals surface area contributed by atoms with Crippen LogP contribution in [0.1, 0.15) is 18.4 Å². The van der Waals surface area contributed by atoms with E-state index < -0.39 is 0 Å². The third kappa shape index (κ3) is 4.50. The van der Waals surface area contributed by atoms with Crippen LogP contribution in [0.25, 0.3) is 21.6 Å². The van der Waals surface area contributed by atoms with E-state index in [9.17, 15) is 0 Å². The summed E-state index contributed by atoms with van der Waals surface area (Å²) in [7, 11) is 1.67. The van der Waals surface area contributed by atoms with E-state index in [0.29, 0.717) is 12.5 Å². The fourth-order valence-electron chi connectivity index (χ4n) is 3.48. The standard InChI is InChI=1S/C20H23ClN4O/c1-26-20-5-3-2-4-18(20)17-7-6-16(12-19(17)21)14-25-10-8-15(9-11-25)13-23-24-22/h2-7,12,15H,8-11,13-14H2,1H3. The van der Waals surface area contributed by atoms with Crippen LogP contribution in [-0.4, -0.2) is 31.6 Å². The second-order valence-corrected chi connectivity index (χ2v) is 7.05. The molecule has 0 N–H and O–H groups in total. The van der Waals surface area contributed by atoms with Crippen LogP contribution >= 0.6 is 11.6 Å². The van der Waals surface area contributed by atoms with Crippen LogP contribution in [0.4, 0.5) is 0 Å². The molecule has 0 radical (unpaired) electrons. The van der Waals surface area contributed by atoms with Crippen LogP contribution in [0.5, 0.6) is 5.75 Å². The predicted molar refractivity (Wildman–Crippen MR) is 105 cm³/mol. The van der Waals surface area contributed by atoms with E-state index in [1.54, 1.807) is 7.11 Å². The molecular formula is C20H23ClN4O. The van der Waals surface area contributed by atoms with Gasteiger partial charge >= 0.3 is 0 Å². The highest BCUT2D eigenvalue weighted by Gasteiger charge is 2.19. The second kappa shape index (κ2) is 8.95. The Morgan fingerprint density at radius 3 is 2.65 bits per heavy atom. The van der Waals surface area contributed by atoms with E-state index in [0.717, 1.165) is 54.4 Å². The van der Waals surface area contributed by atoms with Gasteiger partial charge in [0.25, 0.3) is 0 Å². The molecule has 6 heteroatoms. The molecule has 0 unspecified atom stereocenters. The molecule has 0 bridgehead atoms. The molecule has 0 spiro atoms. The Kier molecular flexibility index (Phi) is 6.40. The number of likely N-dealkylation sites (tertiary alicyclic amines) is 1. The molecule has 1 heterocycles. The summed E-state index contributed by atoms with van der Waals surface area (Å²) in [5, 5.41) is 4.44. The monoisotopic (exact) mass is 370 g/mol. The van der Waals surface area contributed by atoms with Crippen LogP contribution in [0, 0.1) is 5.92 Å². The van der Waals surface area contributed by atoms with Gasteiger partial charge in [-0.1, -0.05) is 47.0 Å². The lowest BCUT2D eigenvalue weighted by molar-refractivity contribution is 0.180. The van der Waals surface area contributed by atoms with Crippen LogP contribution in [0.15, 0.2) is 47.6 Å². The van der Waals surface area contributed by atoms with Gasteiger partial charge < -0.3 is 4.74 Å². The third-order valence-corrected chi connectivity index (χ3v) is 5.26. The van der Waals surface area contributed by atoms with Crippen molar-refractivity contribution < 1.29 is 4.74 Å². The number of hydrogen-bond donors (Lipinski definition) is 0. The van der Waals surface area contributed by atoms with Gasteiger partial charge in [-0.15, -0.1) is 0 Å².